The number of nitrogens with one attached hydrogen (secondary N) is 1. The summed E-state index contributed by atoms with van der Waals surface area (Å²) < 4.78 is 0. The SMILES string of the molecule is C[C@H](NCC12CC3CC(CC(C3)C1)C2)[C@H](O)c1ccccc1. The molecule has 120 valence electrons. The molecule has 2 atom stereocenters. The van der Waals surface area contributed by atoms with Gasteiger partial charge in [0.2, 0.25) is 0 Å². The van der Waals surface area contributed by atoms with E-state index in [-0.39, 0.29) is 6.04 Å². The fraction of sp³-hybridized carbons (Fsp3) is 0.700. The summed E-state index contributed by atoms with van der Waals surface area (Å²) in [6.07, 6.45) is 8.39. The van der Waals surface area contributed by atoms with Gasteiger partial charge in [-0.05, 0) is 74.2 Å². The summed E-state index contributed by atoms with van der Waals surface area (Å²) in [6, 6.07) is 10.2. The van der Waals surface area contributed by atoms with E-state index in [4.69, 9.17) is 0 Å². The van der Waals surface area contributed by atoms with Crippen molar-refractivity contribution in [3.63, 3.8) is 0 Å². The lowest BCUT2D eigenvalue weighted by Gasteiger charge is -2.57. The van der Waals surface area contributed by atoms with Crippen molar-refractivity contribution in [1.29, 1.82) is 0 Å². The summed E-state index contributed by atoms with van der Waals surface area (Å²) in [5.74, 6) is 3.01. The van der Waals surface area contributed by atoms with Crippen molar-refractivity contribution in [2.45, 2.75) is 57.6 Å². The normalized spacial score (nSPS) is 38.9. The van der Waals surface area contributed by atoms with E-state index in [2.05, 4.69) is 12.2 Å². The fourth-order valence-corrected chi connectivity index (χ4v) is 5.93. The van der Waals surface area contributed by atoms with Crippen molar-refractivity contribution in [2.75, 3.05) is 6.54 Å². The van der Waals surface area contributed by atoms with E-state index < -0.39 is 6.10 Å². The van der Waals surface area contributed by atoms with E-state index >= 15 is 0 Å². The van der Waals surface area contributed by atoms with Crippen molar-refractivity contribution in [3.8, 4) is 0 Å². The number of rotatable bonds is 5. The van der Waals surface area contributed by atoms with Gasteiger partial charge in [-0.1, -0.05) is 30.3 Å². The molecule has 0 unspecified atom stereocenters. The third-order valence-corrected chi connectivity index (χ3v) is 6.58. The molecule has 0 radical (unpaired) electrons. The number of hydrogen-bond donors (Lipinski definition) is 2. The van der Waals surface area contributed by atoms with Gasteiger partial charge in [-0.15, -0.1) is 0 Å². The highest BCUT2D eigenvalue weighted by molar-refractivity contribution is 5.18. The summed E-state index contributed by atoms with van der Waals surface area (Å²) in [4.78, 5) is 0. The van der Waals surface area contributed by atoms with Crippen LogP contribution < -0.4 is 5.32 Å². The Kier molecular flexibility index (Phi) is 3.78. The van der Waals surface area contributed by atoms with Crippen molar-refractivity contribution in [3.05, 3.63) is 35.9 Å². The molecule has 0 amide bonds. The maximum Gasteiger partial charge on any atom is 0.0940 e. The van der Waals surface area contributed by atoms with Gasteiger partial charge in [-0.2, -0.15) is 0 Å². The zero-order chi connectivity index (χ0) is 15.2. The molecular weight excluding hydrogens is 270 g/mol. The van der Waals surface area contributed by atoms with Crippen LogP contribution in [0.3, 0.4) is 0 Å². The van der Waals surface area contributed by atoms with Crippen molar-refractivity contribution in [1.82, 2.24) is 5.32 Å². The first kappa shape index (κ1) is 14.7. The van der Waals surface area contributed by atoms with Gasteiger partial charge in [0, 0.05) is 12.6 Å². The van der Waals surface area contributed by atoms with Crippen LogP contribution in [0, 0.1) is 23.2 Å². The van der Waals surface area contributed by atoms with E-state index in [9.17, 15) is 5.11 Å². The summed E-state index contributed by atoms with van der Waals surface area (Å²) in [5.41, 5.74) is 1.56. The lowest BCUT2D eigenvalue weighted by Crippen LogP contribution is -2.52. The largest absolute Gasteiger partial charge is 0.387 e. The number of aliphatic hydroxyl groups is 1. The van der Waals surface area contributed by atoms with Crippen LogP contribution in [-0.2, 0) is 0 Å². The Morgan fingerprint density at radius 1 is 1.05 bits per heavy atom. The van der Waals surface area contributed by atoms with Gasteiger partial charge in [0.1, 0.15) is 0 Å². The first-order valence-corrected chi connectivity index (χ1v) is 9.10. The van der Waals surface area contributed by atoms with Gasteiger partial charge in [0.15, 0.2) is 0 Å². The Labute approximate surface area is 134 Å². The molecule has 0 aromatic heterocycles. The zero-order valence-corrected chi connectivity index (χ0v) is 13.7. The Bertz CT molecular complexity index is 476. The van der Waals surface area contributed by atoms with E-state index in [0.717, 1.165) is 29.9 Å². The zero-order valence-electron chi connectivity index (χ0n) is 13.7. The molecular formula is C20H29NO. The molecule has 2 N–H and O–H groups in total. The lowest BCUT2D eigenvalue weighted by atomic mass is 9.49. The molecule has 4 aliphatic rings. The first-order chi connectivity index (χ1) is 10.6. The standard InChI is InChI=1S/C20H29NO/c1-14(19(22)18-5-3-2-4-6-18)21-13-20-10-15-7-16(11-20)9-17(8-15)12-20/h2-6,14-17,19,21-22H,7-13H2,1H3/t14-,15?,16?,17?,19-,20?/m0/s1. The smallest absolute Gasteiger partial charge is 0.0940 e. The minimum Gasteiger partial charge on any atom is -0.387 e. The predicted octanol–water partition coefficient (Wildman–Crippen LogP) is 3.91. The van der Waals surface area contributed by atoms with Gasteiger partial charge < -0.3 is 10.4 Å². The Hall–Kier alpha value is -0.860. The van der Waals surface area contributed by atoms with E-state index in [1.165, 1.54) is 38.5 Å². The minimum atomic E-state index is -0.407. The Morgan fingerprint density at radius 2 is 1.59 bits per heavy atom. The third-order valence-electron chi connectivity index (χ3n) is 6.58. The molecule has 1 aromatic carbocycles. The van der Waals surface area contributed by atoms with E-state index in [1.54, 1.807) is 0 Å². The monoisotopic (exact) mass is 299 g/mol. The van der Waals surface area contributed by atoms with Gasteiger partial charge in [0.05, 0.1) is 6.10 Å². The fourth-order valence-electron chi connectivity index (χ4n) is 5.93. The summed E-state index contributed by atoms with van der Waals surface area (Å²) in [6.45, 7) is 3.22. The first-order valence-electron chi connectivity index (χ1n) is 9.10. The maximum absolute atomic E-state index is 10.5. The van der Waals surface area contributed by atoms with Crippen LogP contribution in [0.15, 0.2) is 30.3 Å². The Balaban J connectivity index is 1.38. The van der Waals surface area contributed by atoms with Crippen molar-refractivity contribution < 1.29 is 5.11 Å². The second-order valence-corrected chi connectivity index (χ2v) is 8.44. The maximum atomic E-state index is 10.5. The highest BCUT2D eigenvalue weighted by Gasteiger charge is 2.50. The second-order valence-electron chi connectivity index (χ2n) is 8.44. The molecule has 2 nitrogen and oxygen atoms in total. The topological polar surface area (TPSA) is 32.3 Å². The highest BCUT2D eigenvalue weighted by atomic mass is 16.3. The molecule has 1 aromatic rings. The van der Waals surface area contributed by atoms with Gasteiger partial charge >= 0.3 is 0 Å². The van der Waals surface area contributed by atoms with Gasteiger partial charge in [-0.3, -0.25) is 0 Å². The van der Waals surface area contributed by atoms with Crippen molar-refractivity contribution >= 4 is 0 Å². The third kappa shape index (κ3) is 2.72. The van der Waals surface area contributed by atoms with Crippen LogP contribution in [0.25, 0.3) is 0 Å². The molecule has 4 fully saturated rings. The average Bonchev–Trinajstić information content (AvgIpc) is 2.51. The predicted molar refractivity (Wildman–Crippen MR) is 89.5 cm³/mol. The quantitative estimate of drug-likeness (QED) is 0.864. The second kappa shape index (κ2) is 5.65. The summed E-state index contributed by atoms with van der Waals surface area (Å²) in [5, 5.41) is 14.2. The highest BCUT2D eigenvalue weighted by Crippen LogP contribution is 2.59. The van der Waals surface area contributed by atoms with Gasteiger partial charge in [0.25, 0.3) is 0 Å². The molecule has 0 heterocycles. The molecule has 22 heavy (non-hydrogen) atoms. The van der Waals surface area contributed by atoms with E-state index in [0.29, 0.717) is 5.41 Å². The minimum absolute atomic E-state index is 0.121. The summed E-state index contributed by atoms with van der Waals surface area (Å²) >= 11 is 0. The van der Waals surface area contributed by atoms with E-state index in [1.807, 2.05) is 30.3 Å². The molecule has 0 spiro atoms. The van der Waals surface area contributed by atoms with Crippen LogP contribution in [0.5, 0.6) is 0 Å². The summed E-state index contributed by atoms with van der Waals surface area (Å²) in [7, 11) is 0. The van der Waals surface area contributed by atoms with Crippen LogP contribution in [0.2, 0.25) is 0 Å². The van der Waals surface area contributed by atoms with Gasteiger partial charge in [-0.25, -0.2) is 0 Å². The Morgan fingerprint density at radius 3 is 2.14 bits per heavy atom. The number of hydrogen-bond acceptors (Lipinski definition) is 2. The number of benzene rings is 1. The molecule has 5 rings (SSSR count). The molecule has 4 saturated carbocycles. The molecule has 0 aliphatic heterocycles. The number of aliphatic hydroxyl groups excluding tert-OH is 1. The molecule has 4 bridgehead atoms. The van der Waals surface area contributed by atoms with Crippen molar-refractivity contribution in [2.24, 2.45) is 23.2 Å². The van der Waals surface area contributed by atoms with Crippen LogP contribution in [-0.4, -0.2) is 17.7 Å². The molecule has 2 heteroatoms. The van der Waals surface area contributed by atoms with Crippen LogP contribution in [0.4, 0.5) is 0 Å². The average molecular weight is 299 g/mol. The van der Waals surface area contributed by atoms with Crippen LogP contribution >= 0.6 is 0 Å². The van der Waals surface area contributed by atoms with Crippen LogP contribution in [0.1, 0.15) is 57.1 Å². The molecule has 4 aliphatic carbocycles. The lowest BCUT2D eigenvalue weighted by molar-refractivity contribution is -0.0541. The molecule has 0 saturated heterocycles.